The molecule has 0 unspecified atom stereocenters. The molecule has 0 aliphatic heterocycles. The van der Waals surface area contributed by atoms with Crippen LogP contribution in [0.5, 0.6) is 0 Å². The summed E-state index contributed by atoms with van der Waals surface area (Å²) in [5.41, 5.74) is 8.86. The van der Waals surface area contributed by atoms with E-state index >= 15 is 0 Å². The number of hydrogen-bond donors (Lipinski definition) is 0. The number of oxime groups is 1. The van der Waals surface area contributed by atoms with Crippen molar-refractivity contribution >= 4 is 38.3 Å². The molecule has 7 nitrogen and oxygen atoms in total. The second kappa shape index (κ2) is 11.7. The van der Waals surface area contributed by atoms with Crippen LogP contribution in [-0.4, -0.2) is 29.9 Å². The van der Waals surface area contributed by atoms with E-state index in [4.69, 9.17) is 19.9 Å². The van der Waals surface area contributed by atoms with Crippen molar-refractivity contribution in [2.24, 2.45) is 5.16 Å². The zero-order chi connectivity index (χ0) is 29.2. The number of nitrogens with zero attached hydrogens (tertiary/aromatic N) is 6. The third-order valence-electron chi connectivity index (χ3n) is 7.37. The zero-order valence-electron chi connectivity index (χ0n) is 23.4. The van der Waals surface area contributed by atoms with Crippen LogP contribution < -0.4 is 0 Å². The van der Waals surface area contributed by atoms with E-state index in [2.05, 4.69) is 98.4 Å². The van der Waals surface area contributed by atoms with Gasteiger partial charge in [-0.1, -0.05) is 124 Å². The minimum atomic E-state index is 0.133. The lowest BCUT2D eigenvalue weighted by molar-refractivity contribution is 0.125. The van der Waals surface area contributed by atoms with Crippen LogP contribution in [0.3, 0.4) is 0 Å². The first kappa shape index (κ1) is 26.8. The monoisotopic (exact) mass is 626 g/mol. The molecule has 0 N–H and O–H groups in total. The molecule has 0 bridgehead atoms. The van der Waals surface area contributed by atoms with Crippen molar-refractivity contribution in [3.05, 3.63) is 143 Å². The fraction of sp³-hybridized carbons (Fsp3) is 0.0857. The van der Waals surface area contributed by atoms with Gasteiger partial charge in [0.1, 0.15) is 12.0 Å². The minimum Gasteiger partial charge on any atom is -0.387 e. The van der Waals surface area contributed by atoms with Crippen molar-refractivity contribution in [3.63, 3.8) is 0 Å². The molecule has 7 rings (SSSR count). The third-order valence-corrected chi connectivity index (χ3v) is 7.90. The van der Waals surface area contributed by atoms with E-state index in [1.165, 1.54) is 5.56 Å². The first-order valence-corrected chi connectivity index (χ1v) is 14.8. The maximum absolute atomic E-state index is 5.71. The Hall–Kier alpha value is -5.08. The Morgan fingerprint density at radius 2 is 1.44 bits per heavy atom. The van der Waals surface area contributed by atoms with Gasteiger partial charge in [0, 0.05) is 16.6 Å². The van der Waals surface area contributed by atoms with Crippen LogP contribution >= 0.6 is 15.9 Å². The number of aromatic nitrogens is 5. The average Bonchev–Trinajstić information content (AvgIpc) is 3.61. The van der Waals surface area contributed by atoms with Gasteiger partial charge in [-0.05, 0) is 41.3 Å². The number of halogens is 1. The summed E-state index contributed by atoms with van der Waals surface area (Å²) >= 11 is 3.47. The predicted molar refractivity (Wildman–Crippen MR) is 174 cm³/mol. The summed E-state index contributed by atoms with van der Waals surface area (Å²) in [6.45, 7) is 2.71. The average molecular weight is 628 g/mol. The Bertz CT molecular complexity index is 2050. The molecule has 8 heteroatoms. The first-order chi connectivity index (χ1) is 21.2. The van der Waals surface area contributed by atoms with E-state index < -0.39 is 0 Å². The molecule has 4 aromatic carbocycles. The van der Waals surface area contributed by atoms with Crippen LogP contribution in [0.1, 0.15) is 23.9 Å². The summed E-state index contributed by atoms with van der Waals surface area (Å²) in [5, 5.41) is 9.96. The molecular formula is C35H27BrN6O. The number of hydrogen-bond acceptors (Lipinski definition) is 5. The van der Waals surface area contributed by atoms with Gasteiger partial charge in [-0.25, -0.2) is 14.5 Å². The molecule has 43 heavy (non-hydrogen) atoms. The van der Waals surface area contributed by atoms with Crippen molar-refractivity contribution in [1.29, 1.82) is 0 Å². The van der Waals surface area contributed by atoms with Gasteiger partial charge in [0.15, 0.2) is 18.1 Å². The Labute approximate surface area is 257 Å². The molecule has 0 aliphatic rings. The Morgan fingerprint density at radius 1 is 0.791 bits per heavy atom. The van der Waals surface area contributed by atoms with Gasteiger partial charge < -0.3 is 9.40 Å². The molecular weight excluding hydrogens is 600 g/mol. The van der Waals surface area contributed by atoms with E-state index in [0.717, 1.165) is 54.8 Å². The minimum absolute atomic E-state index is 0.133. The maximum Gasteiger partial charge on any atom is 0.192 e. The van der Waals surface area contributed by atoms with Gasteiger partial charge in [0.2, 0.25) is 0 Å². The summed E-state index contributed by atoms with van der Waals surface area (Å²) in [4.78, 5) is 15.6. The van der Waals surface area contributed by atoms with E-state index in [0.29, 0.717) is 12.4 Å². The molecule has 0 atom stereocenters. The highest BCUT2D eigenvalue weighted by atomic mass is 79.9. The fourth-order valence-electron chi connectivity index (χ4n) is 5.37. The van der Waals surface area contributed by atoms with Crippen LogP contribution in [-0.2, 0) is 18.0 Å². The van der Waals surface area contributed by atoms with Crippen LogP contribution in [0.2, 0.25) is 0 Å². The van der Waals surface area contributed by atoms with Gasteiger partial charge in [-0.15, -0.1) is 5.10 Å². The molecule has 3 aromatic heterocycles. The van der Waals surface area contributed by atoms with Crippen LogP contribution in [0.15, 0.2) is 131 Å². The highest BCUT2D eigenvalue weighted by molar-refractivity contribution is 9.10. The number of rotatable bonds is 8. The lowest BCUT2D eigenvalue weighted by Crippen LogP contribution is -2.03. The van der Waals surface area contributed by atoms with Gasteiger partial charge in [0.05, 0.1) is 16.8 Å². The predicted octanol–water partition coefficient (Wildman–Crippen LogP) is 8.16. The molecule has 0 saturated heterocycles. The Kier molecular flexibility index (Phi) is 7.27. The summed E-state index contributed by atoms with van der Waals surface area (Å²) in [6.07, 6.45) is 1.73. The summed E-state index contributed by atoms with van der Waals surface area (Å²) < 4.78 is 5.04. The van der Waals surface area contributed by atoms with Crippen LogP contribution in [0.25, 0.3) is 39.1 Å². The lowest BCUT2D eigenvalue weighted by Gasteiger charge is -2.13. The molecule has 0 aliphatic carbocycles. The second-order valence-electron chi connectivity index (χ2n) is 10.2. The first-order valence-electron chi connectivity index (χ1n) is 14.0. The summed E-state index contributed by atoms with van der Waals surface area (Å²) in [5.74, 6) is 0.526. The molecule has 210 valence electrons. The maximum atomic E-state index is 5.71. The number of fused-ring (bicyclic) bond motifs is 3. The Balaban J connectivity index is 1.38. The van der Waals surface area contributed by atoms with Gasteiger partial charge >= 0.3 is 0 Å². The highest BCUT2D eigenvalue weighted by Crippen LogP contribution is 2.42. The molecule has 0 amide bonds. The van der Waals surface area contributed by atoms with Gasteiger partial charge in [0.25, 0.3) is 0 Å². The van der Waals surface area contributed by atoms with Crippen LogP contribution in [0, 0.1) is 0 Å². The van der Waals surface area contributed by atoms with Crippen molar-refractivity contribution in [2.45, 2.75) is 20.1 Å². The van der Waals surface area contributed by atoms with Crippen molar-refractivity contribution < 1.29 is 4.84 Å². The summed E-state index contributed by atoms with van der Waals surface area (Å²) in [6, 6.07) is 39.3. The van der Waals surface area contributed by atoms with E-state index in [1.54, 1.807) is 10.8 Å². The summed E-state index contributed by atoms with van der Waals surface area (Å²) in [7, 11) is 0. The topological polar surface area (TPSA) is 69.6 Å². The fourth-order valence-corrected chi connectivity index (χ4v) is 5.64. The molecule has 0 saturated carbocycles. The SMILES string of the molecule is C/C(=N\OCc1nc2c3c(-c4ccccc4)c(-c4ccccc4)n(Cc4ccccc4)c3ncn2n1)c1ccc(Br)cc1. The lowest BCUT2D eigenvalue weighted by atomic mass is 9.99. The van der Waals surface area contributed by atoms with Crippen molar-refractivity contribution in [2.75, 3.05) is 0 Å². The Morgan fingerprint density at radius 3 is 2.14 bits per heavy atom. The van der Waals surface area contributed by atoms with Crippen molar-refractivity contribution in [3.8, 4) is 22.4 Å². The quantitative estimate of drug-likeness (QED) is 0.126. The third kappa shape index (κ3) is 5.33. The van der Waals surface area contributed by atoms with E-state index in [9.17, 15) is 0 Å². The number of benzene rings is 4. The van der Waals surface area contributed by atoms with Gasteiger partial charge in [-0.3, -0.25) is 0 Å². The molecule has 0 radical (unpaired) electrons. The smallest absolute Gasteiger partial charge is 0.192 e. The van der Waals surface area contributed by atoms with Crippen molar-refractivity contribution in [1.82, 2.24) is 24.1 Å². The zero-order valence-corrected chi connectivity index (χ0v) is 25.0. The molecule has 7 aromatic rings. The molecule has 0 fully saturated rings. The molecule has 0 spiro atoms. The molecule has 3 heterocycles. The highest BCUT2D eigenvalue weighted by Gasteiger charge is 2.25. The standard InChI is InChI=1S/C35H27BrN6O/c1-24(26-17-19-29(36)20-18-26)40-43-22-30-38-35-32-31(27-13-7-3-8-14-27)33(28-15-9-4-10-16-28)41(21-25-11-5-2-6-12-25)34(32)37-23-42(35)39-30/h2-20,23H,21-22H2,1H3/b40-24+. The van der Waals surface area contributed by atoms with Crippen LogP contribution in [0.4, 0.5) is 0 Å². The normalized spacial score (nSPS) is 11.8. The second-order valence-corrected chi connectivity index (χ2v) is 11.1. The largest absolute Gasteiger partial charge is 0.387 e. The van der Waals surface area contributed by atoms with Gasteiger partial charge in [-0.2, -0.15) is 0 Å². The van der Waals surface area contributed by atoms with E-state index in [-0.39, 0.29) is 6.61 Å². The van der Waals surface area contributed by atoms with E-state index in [1.807, 2.05) is 49.4 Å².